The predicted molar refractivity (Wildman–Crippen MR) is 99.9 cm³/mol. The average molecular weight is 374 g/mol. The average Bonchev–Trinajstić information content (AvgIpc) is 3.14. The normalized spacial score (nSPS) is 24.0. The van der Waals surface area contributed by atoms with E-state index >= 15 is 0 Å². The third kappa shape index (κ3) is 2.27. The second-order valence-corrected chi connectivity index (χ2v) is 7.51. The van der Waals surface area contributed by atoms with Gasteiger partial charge in [-0.3, -0.25) is 29.0 Å². The van der Waals surface area contributed by atoms with Crippen LogP contribution in [0.2, 0.25) is 0 Å². The van der Waals surface area contributed by atoms with Crippen molar-refractivity contribution in [3.8, 4) is 0 Å². The second-order valence-electron chi connectivity index (χ2n) is 7.51. The summed E-state index contributed by atoms with van der Waals surface area (Å²) in [6.07, 6.45) is 2.35. The number of imide groups is 2. The molecular weight excluding hydrogens is 356 g/mol. The third-order valence-corrected chi connectivity index (χ3v) is 6.05. The van der Waals surface area contributed by atoms with Crippen molar-refractivity contribution in [1.82, 2.24) is 9.80 Å². The minimum absolute atomic E-state index is 0.196. The third-order valence-electron chi connectivity index (χ3n) is 6.05. The molecule has 140 valence electrons. The van der Waals surface area contributed by atoms with Gasteiger partial charge in [0.25, 0.3) is 23.6 Å². The zero-order valence-corrected chi connectivity index (χ0v) is 15.1. The van der Waals surface area contributed by atoms with Crippen LogP contribution in [0, 0.1) is 0 Å². The van der Waals surface area contributed by atoms with Gasteiger partial charge in [-0.2, -0.15) is 0 Å². The molecule has 1 saturated carbocycles. The van der Waals surface area contributed by atoms with Crippen molar-refractivity contribution in [2.45, 2.75) is 37.8 Å². The molecule has 0 unspecified atom stereocenters. The summed E-state index contributed by atoms with van der Waals surface area (Å²) in [4.78, 5) is 53.5. The van der Waals surface area contributed by atoms with Crippen molar-refractivity contribution in [2.24, 2.45) is 0 Å². The molecule has 0 N–H and O–H groups in total. The van der Waals surface area contributed by atoms with Crippen LogP contribution in [-0.4, -0.2) is 45.5 Å². The first-order valence-corrected chi connectivity index (χ1v) is 9.52. The highest BCUT2D eigenvalue weighted by molar-refractivity contribution is 6.22. The van der Waals surface area contributed by atoms with E-state index in [0.717, 1.165) is 0 Å². The molecule has 0 bridgehead atoms. The Balaban J connectivity index is 1.32. The van der Waals surface area contributed by atoms with Gasteiger partial charge in [0.05, 0.1) is 22.3 Å². The maximum Gasteiger partial charge on any atom is 0.261 e. The monoisotopic (exact) mass is 374 g/mol. The molecule has 0 atom stereocenters. The van der Waals surface area contributed by atoms with E-state index in [1.165, 1.54) is 9.80 Å². The number of rotatable bonds is 2. The Morgan fingerprint density at radius 3 is 1.00 bits per heavy atom. The number of fused-ring (bicyclic) bond motifs is 2. The maximum absolute atomic E-state index is 12.7. The Labute approximate surface area is 161 Å². The Kier molecular flexibility index (Phi) is 3.69. The molecule has 0 aromatic heterocycles. The van der Waals surface area contributed by atoms with Gasteiger partial charge in [0.1, 0.15) is 0 Å². The molecule has 4 amide bonds. The summed E-state index contributed by atoms with van der Waals surface area (Å²) in [6, 6.07) is 13.4. The molecule has 6 nitrogen and oxygen atoms in total. The minimum atomic E-state index is -0.246. The summed E-state index contributed by atoms with van der Waals surface area (Å²) in [6.45, 7) is 0. The largest absolute Gasteiger partial charge is 0.271 e. The standard InChI is InChI=1S/C22H18N2O4/c25-19-15-5-1-2-6-16(15)20(26)23(19)13-9-11-14(12-10-13)24-21(27)17-7-3-4-8-18(17)22(24)28/h1-8,13-14H,9-12H2. The maximum atomic E-state index is 12.7. The lowest BCUT2D eigenvalue weighted by Gasteiger charge is -2.36. The molecule has 2 aromatic carbocycles. The number of nitrogens with zero attached hydrogens (tertiary/aromatic N) is 2. The number of amides is 4. The van der Waals surface area contributed by atoms with Crippen LogP contribution >= 0.6 is 0 Å². The SMILES string of the molecule is O=C1c2ccccc2C(=O)N1C1CCC(N2C(=O)c3ccccc3C2=O)CC1. The molecule has 2 aromatic rings. The molecule has 1 aliphatic carbocycles. The van der Waals surface area contributed by atoms with Crippen molar-refractivity contribution >= 4 is 23.6 Å². The van der Waals surface area contributed by atoms with Crippen LogP contribution in [0.3, 0.4) is 0 Å². The van der Waals surface area contributed by atoms with Crippen molar-refractivity contribution in [2.75, 3.05) is 0 Å². The highest BCUT2D eigenvalue weighted by Crippen LogP contribution is 2.35. The van der Waals surface area contributed by atoms with Crippen molar-refractivity contribution < 1.29 is 19.2 Å². The Morgan fingerprint density at radius 1 is 0.500 bits per heavy atom. The van der Waals surface area contributed by atoms with E-state index in [2.05, 4.69) is 0 Å². The molecule has 0 saturated heterocycles. The van der Waals surface area contributed by atoms with Gasteiger partial charge in [-0.25, -0.2) is 0 Å². The number of carbonyl (C=O) groups excluding carboxylic acids is 4. The minimum Gasteiger partial charge on any atom is -0.271 e. The fourth-order valence-corrected chi connectivity index (χ4v) is 4.65. The van der Waals surface area contributed by atoms with Gasteiger partial charge in [0.15, 0.2) is 0 Å². The van der Waals surface area contributed by atoms with Gasteiger partial charge in [-0.1, -0.05) is 24.3 Å². The number of carbonyl (C=O) groups is 4. The van der Waals surface area contributed by atoms with Gasteiger partial charge < -0.3 is 0 Å². The highest BCUT2D eigenvalue weighted by Gasteiger charge is 2.44. The molecule has 3 aliphatic rings. The van der Waals surface area contributed by atoms with Crippen LogP contribution in [0.25, 0.3) is 0 Å². The van der Waals surface area contributed by atoms with Crippen LogP contribution in [-0.2, 0) is 0 Å². The molecule has 2 heterocycles. The topological polar surface area (TPSA) is 74.8 Å². The Hall–Kier alpha value is -3.28. The van der Waals surface area contributed by atoms with Crippen LogP contribution in [0.5, 0.6) is 0 Å². The van der Waals surface area contributed by atoms with Crippen LogP contribution in [0.4, 0.5) is 0 Å². The Bertz CT molecular complexity index is 883. The van der Waals surface area contributed by atoms with Gasteiger partial charge in [-0.05, 0) is 49.9 Å². The van der Waals surface area contributed by atoms with Crippen molar-refractivity contribution in [1.29, 1.82) is 0 Å². The van der Waals surface area contributed by atoms with Gasteiger partial charge >= 0.3 is 0 Å². The molecular formula is C22H18N2O4. The van der Waals surface area contributed by atoms with E-state index < -0.39 is 0 Å². The lowest BCUT2D eigenvalue weighted by molar-refractivity contribution is 0.0424. The lowest BCUT2D eigenvalue weighted by Crippen LogP contribution is -2.47. The number of hydrogen-bond acceptors (Lipinski definition) is 4. The summed E-state index contributed by atoms with van der Waals surface area (Å²) in [7, 11) is 0. The van der Waals surface area contributed by atoms with E-state index in [1.807, 2.05) is 0 Å². The Morgan fingerprint density at radius 2 is 0.750 bits per heavy atom. The number of benzene rings is 2. The summed E-state index contributed by atoms with van der Waals surface area (Å²) < 4.78 is 0. The van der Waals surface area contributed by atoms with Gasteiger partial charge in [0, 0.05) is 12.1 Å². The zero-order chi connectivity index (χ0) is 19.4. The molecule has 6 heteroatoms. The van der Waals surface area contributed by atoms with Gasteiger partial charge in [-0.15, -0.1) is 0 Å². The highest BCUT2D eigenvalue weighted by atomic mass is 16.2. The molecule has 5 rings (SSSR count). The quantitative estimate of drug-likeness (QED) is 0.758. The summed E-state index contributed by atoms with van der Waals surface area (Å²) in [5.41, 5.74) is 1.81. The molecule has 1 fully saturated rings. The summed E-state index contributed by atoms with van der Waals surface area (Å²) in [5, 5.41) is 0. The van der Waals surface area contributed by atoms with E-state index in [0.29, 0.717) is 47.9 Å². The first kappa shape index (κ1) is 16.9. The van der Waals surface area contributed by atoms with Gasteiger partial charge in [0.2, 0.25) is 0 Å². The van der Waals surface area contributed by atoms with E-state index in [-0.39, 0.29) is 35.7 Å². The van der Waals surface area contributed by atoms with E-state index in [9.17, 15) is 19.2 Å². The molecule has 0 radical (unpaired) electrons. The predicted octanol–water partition coefficient (Wildman–Crippen LogP) is 2.89. The summed E-state index contributed by atoms with van der Waals surface area (Å²) >= 11 is 0. The lowest BCUT2D eigenvalue weighted by atomic mass is 9.89. The second kappa shape index (κ2) is 6.12. The molecule has 28 heavy (non-hydrogen) atoms. The van der Waals surface area contributed by atoms with E-state index in [1.54, 1.807) is 48.5 Å². The zero-order valence-electron chi connectivity index (χ0n) is 15.1. The van der Waals surface area contributed by atoms with Crippen LogP contribution < -0.4 is 0 Å². The fourth-order valence-electron chi connectivity index (χ4n) is 4.65. The number of hydrogen-bond donors (Lipinski definition) is 0. The summed E-state index contributed by atoms with van der Waals surface area (Å²) in [5.74, 6) is -0.982. The van der Waals surface area contributed by atoms with Crippen LogP contribution in [0.15, 0.2) is 48.5 Å². The fraction of sp³-hybridized carbons (Fsp3) is 0.273. The first-order valence-electron chi connectivity index (χ1n) is 9.52. The smallest absolute Gasteiger partial charge is 0.261 e. The van der Waals surface area contributed by atoms with E-state index in [4.69, 9.17) is 0 Å². The van der Waals surface area contributed by atoms with Crippen molar-refractivity contribution in [3.63, 3.8) is 0 Å². The van der Waals surface area contributed by atoms with Crippen molar-refractivity contribution in [3.05, 3.63) is 70.8 Å². The first-order chi connectivity index (χ1) is 13.6. The molecule has 0 spiro atoms. The van der Waals surface area contributed by atoms with Crippen LogP contribution in [0.1, 0.15) is 67.1 Å². The molecule has 2 aliphatic heterocycles.